The van der Waals surface area contributed by atoms with E-state index >= 15 is 0 Å². The minimum absolute atomic E-state index is 0.0378. The molecule has 1 atom stereocenters. The first kappa shape index (κ1) is 18.3. The molecule has 0 radical (unpaired) electrons. The highest BCUT2D eigenvalue weighted by Gasteiger charge is 2.33. The van der Waals surface area contributed by atoms with Gasteiger partial charge in [-0.25, -0.2) is 4.79 Å². The quantitative estimate of drug-likeness (QED) is 0.708. The van der Waals surface area contributed by atoms with E-state index in [2.05, 4.69) is 30.1 Å². The molecule has 0 spiro atoms. The number of amides is 2. The van der Waals surface area contributed by atoms with Crippen LogP contribution in [0, 0.1) is 0 Å². The van der Waals surface area contributed by atoms with Crippen molar-refractivity contribution in [2.24, 2.45) is 5.73 Å². The van der Waals surface area contributed by atoms with Crippen LogP contribution >= 0.6 is 12.6 Å². The molecular formula is C20H22N2O3S. The lowest BCUT2D eigenvalue weighted by Gasteiger charge is -2.27. The van der Waals surface area contributed by atoms with E-state index in [9.17, 15) is 9.59 Å². The molecule has 0 bridgehead atoms. The van der Waals surface area contributed by atoms with Crippen molar-refractivity contribution in [3.8, 4) is 11.1 Å². The summed E-state index contributed by atoms with van der Waals surface area (Å²) < 4.78 is 4.63. The summed E-state index contributed by atoms with van der Waals surface area (Å²) in [7, 11) is 0. The van der Waals surface area contributed by atoms with Crippen LogP contribution in [0.25, 0.3) is 11.1 Å². The minimum atomic E-state index is -0.929. The van der Waals surface area contributed by atoms with Crippen molar-refractivity contribution < 1.29 is 14.3 Å². The maximum absolute atomic E-state index is 12.2. The van der Waals surface area contributed by atoms with Gasteiger partial charge in [-0.3, -0.25) is 4.79 Å². The van der Waals surface area contributed by atoms with Gasteiger partial charge in [0.05, 0.1) is 0 Å². The summed E-state index contributed by atoms with van der Waals surface area (Å²) >= 11 is 4.32. The second-order valence-corrected chi connectivity index (χ2v) is 8.11. The lowest BCUT2D eigenvalue weighted by Crippen LogP contribution is -2.54. The van der Waals surface area contributed by atoms with E-state index in [1.165, 1.54) is 0 Å². The molecule has 3 N–H and O–H groups in total. The summed E-state index contributed by atoms with van der Waals surface area (Å²) in [6.45, 7) is 3.59. The van der Waals surface area contributed by atoms with Crippen molar-refractivity contribution >= 4 is 24.6 Å². The molecule has 1 unspecified atom stereocenters. The zero-order valence-electron chi connectivity index (χ0n) is 14.7. The second-order valence-electron chi connectivity index (χ2n) is 6.96. The highest BCUT2D eigenvalue weighted by molar-refractivity contribution is 7.81. The van der Waals surface area contributed by atoms with Crippen molar-refractivity contribution in [1.29, 1.82) is 0 Å². The molecule has 2 aromatic rings. The average Bonchev–Trinajstić information content (AvgIpc) is 2.91. The van der Waals surface area contributed by atoms with Gasteiger partial charge in [0.25, 0.3) is 0 Å². The largest absolute Gasteiger partial charge is 0.449 e. The molecule has 5 nitrogen and oxygen atoms in total. The molecule has 1 aliphatic carbocycles. The molecule has 0 saturated heterocycles. The number of thiol groups is 1. The summed E-state index contributed by atoms with van der Waals surface area (Å²) in [5.74, 6) is -0.692. The molecule has 6 heteroatoms. The van der Waals surface area contributed by atoms with Gasteiger partial charge in [0.15, 0.2) is 0 Å². The number of benzene rings is 2. The Morgan fingerprint density at radius 1 is 1.12 bits per heavy atom. The molecule has 0 aliphatic heterocycles. The summed E-state index contributed by atoms with van der Waals surface area (Å²) in [5, 5.41) is 2.52. The molecule has 0 aromatic heterocycles. The lowest BCUT2D eigenvalue weighted by molar-refractivity contribution is -0.120. The highest BCUT2D eigenvalue weighted by atomic mass is 32.1. The number of hydrogen-bond acceptors (Lipinski definition) is 4. The third-order valence-electron chi connectivity index (χ3n) is 4.60. The smallest absolute Gasteiger partial charge is 0.407 e. The summed E-state index contributed by atoms with van der Waals surface area (Å²) in [5.41, 5.74) is 9.92. The van der Waals surface area contributed by atoms with Gasteiger partial charge in [0, 0.05) is 10.7 Å². The number of nitrogens with two attached hydrogens (primary N) is 1. The topological polar surface area (TPSA) is 81.4 Å². The Balaban J connectivity index is 1.74. The van der Waals surface area contributed by atoms with Gasteiger partial charge in [-0.2, -0.15) is 12.6 Å². The van der Waals surface area contributed by atoms with E-state index in [1.807, 2.05) is 36.4 Å². The number of rotatable bonds is 5. The second kappa shape index (κ2) is 7.03. The third-order valence-corrected chi connectivity index (χ3v) is 4.86. The molecule has 0 heterocycles. The fraction of sp³-hybridized carbons (Fsp3) is 0.300. The molecule has 0 saturated carbocycles. The van der Waals surface area contributed by atoms with Crippen LogP contribution in [-0.2, 0) is 9.53 Å². The van der Waals surface area contributed by atoms with Gasteiger partial charge in [0.1, 0.15) is 12.6 Å². The molecule has 26 heavy (non-hydrogen) atoms. The first-order valence-electron chi connectivity index (χ1n) is 8.42. The maximum Gasteiger partial charge on any atom is 0.407 e. The van der Waals surface area contributed by atoms with Crippen LogP contribution in [0.1, 0.15) is 30.9 Å². The summed E-state index contributed by atoms with van der Waals surface area (Å²) in [6.07, 6.45) is -0.683. The summed E-state index contributed by atoms with van der Waals surface area (Å²) in [6, 6.07) is 15.3. The number of primary amides is 1. The fourth-order valence-corrected chi connectivity index (χ4v) is 3.55. The van der Waals surface area contributed by atoms with E-state index < -0.39 is 22.8 Å². The normalized spacial score (nSPS) is 14.3. The molecule has 2 amide bonds. The van der Waals surface area contributed by atoms with Crippen molar-refractivity contribution in [1.82, 2.24) is 5.32 Å². The predicted octanol–water partition coefficient (Wildman–Crippen LogP) is 3.09. The fourth-order valence-electron chi connectivity index (χ4n) is 3.35. The number of nitrogens with one attached hydrogen (secondary N) is 1. The van der Waals surface area contributed by atoms with E-state index in [0.29, 0.717) is 0 Å². The Labute approximate surface area is 158 Å². The number of ether oxygens (including phenoxy) is 1. The Morgan fingerprint density at radius 3 is 2.08 bits per heavy atom. The van der Waals surface area contributed by atoms with Gasteiger partial charge in [-0.05, 0) is 36.1 Å². The number of fused-ring (bicyclic) bond motifs is 3. The van der Waals surface area contributed by atoms with Gasteiger partial charge >= 0.3 is 6.09 Å². The monoisotopic (exact) mass is 370 g/mol. The van der Waals surface area contributed by atoms with E-state index in [0.717, 1.165) is 22.3 Å². The van der Waals surface area contributed by atoms with Crippen molar-refractivity contribution in [2.75, 3.05) is 6.61 Å². The number of hydrogen-bond donors (Lipinski definition) is 3. The van der Waals surface area contributed by atoms with Crippen LogP contribution < -0.4 is 11.1 Å². The first-order valence-corrected chi connectivity index (χ1v) is 8.87. The first-order chi connectivity index (χ1) is 12.3. The van der Waals surface area contributed by atoms with E-state index in [4.69, 9.17) is 10.5 Å². The molecular weight excluding hydrogens is 348 g/mol. The molecule has 3 rings (SSSR count). The summed E-state index contributed by atoms with van der Waals surface area (Å²) in [4.78, 5) is 23.8. The van der Waals surface area contributed by atoms with E-state index in [1.54, 1.807) is 13.8 Å². The molecule has 0 fully saturated rings. The zero-order valence-corrected chi connectivity index (χ0v) is 15.6. The molecule has 136 valence electrons. The van der Waals surface area contributed by atoms with Crippen LogP contribution in [-0.4, -0.2) is 29.4 Å². The maximum atomic E-state index is 12.2. The number of alkyl carbamates (subject to hydrolysis) is 1. The van der Waals surface area contributed by atoms with Crippen molar-refractivity contribution in [3.63, 3.8) is 0 Å². The van der Waals surface area contributed by atoms with Gasteiger partial charge in [-0.15, -0.1) is 0 Å². The molecule has 2 aromatic carbocycles. The van der Waals surface area contributed by atoms with Crippen LogP contribution in [0.5, 0.6) is 0 Å². The lowest BCUT2D eigenvalue weighted by atomic mass is 9.98. The number of carbonyl (C=O) groups excluding carboxylic acids is 2. The van der Waals surface area contributed by atoms with Gasteiger partial charge in [-0.1, -0.05) is 48.5 Å². The van der Waals surface area contributed by atoms with Crippen molar-refractivity contribution in [3.05, 3.63) is 59.7 Å². The van der Waals surface area contributed by atoms with E-state index in [-0.39, 0.29) is 12.5 Å². The van der Waals surface area contributed by atoms with Gasteiger partial charge < -0.3 is 15.8 Å². The van der Waals surface area contributed by atoms with Crippen LogP contribution in [0.4, 0.5) is 4.79 Å². The standard InChI is InChI=1S/C20H22N2O3S/c1-20(2,26)17(18(21)23)22-19(24)25-11-16-14-9-5-3-7-12(14)13-8-4-6-10-15(13)16/h3-10,16-17,26H,11H2,1-2H3,(H2,21,23)(H,22,24). The Hall–Kier alpha value is -2.47. The van der Waals surface area contributed by atoms with Gasteiger partial charge in [0.2, 0.25) is 5.91 Å². The Bertz CT molecular complexity index is 799. The number of carbonyl (C=O) groups is 2. The average molecular weight is 370 g/mol. The third kappa shape index (κ3) is 3.55. The van der Waals surface area contributed by atoms with Crippen LogP contribution in [0.3, 0.4) is 0 Å². The Kier molecular flexibility index (Phi) is 4.96. The Morgan fingerprint density at radius 2 is 1.62 bits per heavy atom. The highest BCUT2D eigenvalue weighted by Crippen LogP contribution is 2.44. The zero-order chi connectivity index (χ0) is 18.9. The van der Waals surface area contributed by atoms with Crippen LogP contribution in [0.2, 0.25) is 0 Å². The molecule has 1 aliphatic rings. The predicted molar refractivity (Wildman–Crippen MR) is 104 cm³/mol. The van der Waals surface area contributed by atoms with Crippen LogP contribution in [0.15, 0.2) is 48.5 Å². The SMILES string of the molecule is CC(C)(S)C(NC(=O)OCC1c2ccccc2-c2ccccc21)C(N)=O. The minimum Gasteiger partial charge on any atom is -0.449 e. The van der Waals surface area contributed by atoms with Crippen molar-refractivity contribution in [2.45, 2.75) is 30.6 Å².